The van der Waals surface area contributed by atoms with Crippen LogP contribution in [0.25, 0.3) is 0 Å². The maximum atomic E-state index is 12.0. The van der Waals surface area contributed by atoms with Gasteiger partial charge in [0.25, 0.3) is 5.91 Å². The van der Waals surface area contributed by atoms with Crippen molar-refractivity contribution in [3.8, 4) is 17.5 Å². The second kappa shape index (κ2) is 16.4. The molecule has 1 heterocycles. The van der Waals surface area contributed by atoms with Gasteiger partial charge in [0.2, 0.25) is 11.9 Å². The summed E-state index contributed by atoms with van der Waals surface area (Å²) in [6.07, 6.45) is 0. The van der Waals surface area contributed by atoms with Crippen LogP contribution in [0.15, 0.2) is 84.9 Å². The fourth-order valence-electron chi connectivity index (χ4n) is 3.56. The standard InChI is InChI=1S/C30H34N6O5/c1-38-25-14-12-23(13-15-25)22-33-29-34-28(35-30(36-29)41-26-10-6-3-7-11-26)32-17-19-40-21-20-39-18-16-31-27(37)24-8-4-2-5-9-24/h2-15H,16-22H2,1H3,(H,31,37)(H2,32,33,34,35,36). The lowest BCUT2D eigenvalue weighted by Gasteiger charge is -2.11. The molecular formula is C30H34N6O5. The Hall–Kier alpha value is -4.74. The van der Waals surface area contributed by atoms with Gasteiger partial charge < -0.3 is 34.9 Å². The lowest BCUT2D eigenvalue weighted by molar-refractivity contribution is 0.0519. The minimum atomic E-state index is -0.119. The lowest BCUT2D eigenvalue weighted by atomic mass is 10.2. The molecule has 1 aromatic heterocycles. The van der Waals surface area contributed by atoms with Crippen molar-refractivity contribution in [3.05, 3.63) is 96.1 Å². The maximum absolute atomic E-state index is 12.0. The molecule has 0 atom stereocenters. The van der Waals surface area contributed by atoms with E-state index in [2.05, 4.69) is 30.9 Å². The van der Waals surface area contributed by atoms with Crippen molar-refractivity contribution in [1.29, 1.82) is 0 Å². The van der Waals surface area contributed by atoms with Crippen LogP contribution in [-0.2, 0) is 16.0 Å². The molecule has 4 aromatic rings. The summed E-state index contributed by atoms with van der Waals surface area (Å²) in [4.78, 5) is 25.2. The predicted molar refractivity (Wildman–Crippen MR) is 156 cm³/mol. The van der Waals surface area contributed by atoms with E-state index in [9.17, 15) is 4.79 Å². The van der Waals surface area contributed by atoms with E-state index in [1.165, 1.54) is 0 Å². The van der Waals surface area contributed by atoms with Gasteiger partial charge in [-0.05, 0) is 42.0 Å². The third-order valence-corrected chi connectivity index (χ3v) is 5.65. The predicted octanol–water partition coefficient (Wildman–Crippen LogP) is 4.16. The second-order valence-corrected chi connectivity index (χ2v) is 8.66. The summed E-state index contributed by atoms with van der Waals surface area (Å²) in [6, 6.07) is 26.3. The van der Waals surface area contributed by atoms with Crippen molar-refractivity contribution in [2.45, 2.75) is 6.54 Å². The lowest BCUT2D eigenvalue weighted by Crippen LogP contribution is -2.27. The maximum Gasteiger partial charge on any atom is 0.328 e. The monoisotopic (exact) mass is 558 g/mol. The third-order valence-electron chi connectivity index (χ3n) is 5.65. The number of para-hydroxylation sites is 1. The highest BCUT2D eigenvalue weighted by molar-refractivity contribution is 5.94. The smallest absolute Gasteiger partial charge is 0.328 e. The van der Waals surface area contributed by atoms with E-state index in [0.29, 0.717) is 69.3 Å². The van der Waals surface area contributed by atoms with Crippen LogP contribution in [0.2, 0.25) is 0 Å². The summed E-state index contributed by atoms with van der Waals surface area (Å²) in [5.74, 6) is 2.02. The van der Waals surface area contributed by atoms with Crippen LogP contribution in [0, 0.1) is 0 Å². The van der Waals surface area contributed by atoms with Gasteiger partial charge in [0.15, 0.2) is 0 Å². The van der Waals surface area contributed by atoms with E-state index < -0.39 is 0 Å². The number of rotatable bonds is 17. The Morgan fingerprint density at radius 1 is 0.683 bits per heavy atom. The van der Waals surface area contributed by atoms with Crippen LogP contribution in [0.5, 0.6) is 17.5 Å². The molecule has 0 aliphatic carbocycles. The fourth-order valence-corrected chi connectivity index (χ4v) is 3.56. The van der Waals surface area contributed by atoms with Crippen LogP contribution >= 0.6 is 0 Å². The number of carbonyl (C=O) groups is 1. The molecule has 0 radical (unpaired) electrons. The normalized spacial score (nSPS) is 10.6. The summed E-state index contributed by atoms with van der Waals surface area (Å²) in [7, 11) is 1.64. The Balaban J connectivity index is 1.18. The molecule has 1 amide bonds. The molecular weight excluding hydrogens is 524 g/mol. The van der Waals surface area contributed by atoms with E-state index in [-0.39, 0.29) is 11.9 Å². The van der Waals surface area contributed by atoms with Crippen LogP contribution in [0.1, 0.15) is 15.9 Å². The zero-order valence-corrected chi connectivity index (χ0v) is 22.9. The van der Waals surface area contributed by atoms with E-state index in [0.717, 1.165) is 11.3 Å². The van der Waals surface area contributed by atoms with Gasteiger partial charge in [-0.15, -0.1) is 0 Å². The van der Waals surface area contributed by atoms with Crippen LogP contribution < -0.4 is 25.4 Å². The minimum Gasteiger partial charge on any atom is -0.497 e. The molecule has 0 saturated heterocycles. The molecule has 0 spiro atoms. The Bertz CT molecular complexity index is 1330. The zero-order chi connectivity index (χ0) is 28.5. The second-order valence-electron chi connectivity index (χ2n) is 8.66. The van der Waals surface area contributed by atoms with Gasteiger partial charge in [-0.25, -0.2) is 0 Å². The van der Waals surface area contributed by atoms with Crippen molar-refractivity contribution in [2.24, 2.45) is 0 Å². The van der Waals surface area contributed by atoms with Gasteiger partial charge in [-0.2, -0.15) is 15.0 Å². The summed E-state index contributed by atoms with van der Waals surface area (Å²) >= 11 is 0. The average Bonchev–Trinajstić information content (AvgIpc) is 3.02. The summed E-state index contributed by atoms with van der Waals surface area (Å²) in [5.41, 5.74) is 1.67. The number of aromatic nitrogens is 3. The molecule has 0 aliphatic rings. The van der Waals surface area contributed by atoms with Crippen molar-refractivity contribution in [1.82, 2.24) is 20.3 Å². The first-order chi connectivity index (χ1) is 20.2. The molecule has 0 saturated carbocycles. The molecule has 0 aliphatic heterocycles. The number of nitrogens with one attached hydrogen (secondary N) is 3. The Morgan fingerprint density at radius 3 is 2.00 bits per heavy atom. The van der Waals surface area contributed by atoms with Gasteiger partial charge in [0.05, 0.1) is 33.5 Å². The van der Waals surface area contributed by atoms with Crippen molar-refractivity contribution in [3.63, 3.8) is 0 Å². The molecule has 0 fully saturated rings. The molecule has 0 unspecified atom stereocenters. The minimum absolute atomic E-state index is 0.119. The summed E-state index contributed by atoms with van der Waals surface area (Å²) in [5, 5.41) is 9.19. The molecule has 0 bridgehead atoms. The summed E-state index contributed by atoms with van der Waals surface area (Å²) in [6.45, 7) is 3.07. The highest BCUT2D eigenvalue weighted by atomic mass is 16.5. The molecule has 214 valence electrons. The van der Waals surface area contributed by atoms with Gasteiger partial charge >= 0.3 is 6.01 Å². The number of hydrogen-bond donors (Lipinski definition) is 3. The number of nitrogens with zero attached hydrogens (tertiary/aromatic N) is 3. The van der Waals surface area contributed by atoms with E-state index in [1.54, 1.807) is 19.2 Å². The van der Waals surface area contributed by atoms with E-state index >= 15 is 0 Å². The van der Waals surface area contributed by atoms with Crippen molar-refractivity contribution in [2.75, 3.05) is 57.3 Å². The molecule has 11 nitrogen and oxygen atoms in total. The van der Waals surface area contributed by atoms with Crippen molar-refractivity contribution >= 4 is 17.8 Å². The quantitative estimate of drug-likeness (QED) is 0.163. The molecule has 4 rings (SSSR count). The third kappa shape index (κ3) is 10.4. The highest BCUT2D eigenvalue weighted by Crippen LogP contribution is 2.20. The number of carbonyl (C=O) groups excluding carboxylic acids is 1. The first kappa shape index (κ1) is 29.2. The Labute approximate surface area is 239 Å². The number of amides is 1. The molecule has 3 N–H and O–H groups in total. The van der Waals surface area contributed by atoms with Crippen molar-refractivity contribution < 1.29 is 23.7 Å². The molecule has 41 heavy (non-hydrogen) atoms. The molecule has 3 aromatic carbocycles. The first-order valence-corrected chi connectivity index (χ1v) is 13.3. The molecule has 11 heteroatoms. The fraction of sp³-hybridized carbons (Fsp3) is 0.267. The number of benzene rings is 3. The SMILES string of the molecule is COc1ccc(CNc2nc(NCCOCCOCCNC(=O)c3ccccc3)nc(Oc3ccccc3)n2)cc1. The zero-order valence-electron chi connectivity index (χ0n) is 22.9. The van der Waals surface area contributed by atoms with E-state index in [4.69, 9.17) is 18.9 Å². The summed E-state index contributed by atoms with van der Waals surface area (Å²) < 4.78 is 22.2. The number of hydrogen-bond acceptors (Lipinski definition) is 10. The Kier molecular flexibility index (Phi) is 11.7. The average molecular weight is 559 g/mol. The van der Waals surface area contributed by atoms with E-state index in [1.807, 2.05) is 72.8 Å². The number of anilines is 2. The Morgan fingerprint density at radius 2 is 1.32 bits per heavy atom. The first-order valence-electron chi connectivity index (χ1n) is 13.3. The number of methoxy groups -OCH3 is 1. The van der Waals surface area contributed by atoms with Gasteiger partial charge in [-0.1, -0.05) is 48.5 Å². The van der Waals surface area contributed by atoms with Gasteiger partial charge in [0, 0.05) is 25.2 Å². The van der Waals surface area contributed by atoms with Gasteiger partial charge in [0.1, 0.15) is 11.5 Å². The largest absolute Gasteiger partial charge is 0.497 e. The van der Waals surface area contributed by atoms with Crippen LogP contribution in [0.3, 0.4) is 0 Å². The highest BCUT2D eigenvalue weighted by Gasteiger charge is 2.09. The number of ether oxygens (including phenoxy) is 4. The topological polar surface area (TPSA) is 129 Å². The van der Waals surface area contributed by atoms with Crippen LogP contribution in [-0.4, -0.2) is 67.5 Å². The van der Waals surface area contributed by atoms with Crippen LogP contribution in [0.4, 0.5) is 11.9 Å². The van der Waals surface area contributed by atoms with Gasteiger partial charge in [-0.3, -0.25) is 4.79 Å².